The zero-order valence-corrected chi connectivity index (χ0v) is 21.2. The van der Waals surface area contributed by atoms with Crippen molar-refractivity contribution in [1.29, 1.82) is 0 Å². The molecule has 3 N–H and O–H groups in total. The Kier molecular flexibility index (Phi) is 10.2. The maximum absolute atomic E-state index is 13.3. The standard InChI is InChI=1S/C24H30N4O5.C2H6/c1-5-18(14-27(3)19-8-11-33-15-19)24(25-2,23(31)26-9-10-29)16-28-13-17-6-7-20(32-4)12-21(17)22(28)30;1-2/h5-7,12,14,19,25,29H,1,8,11,13,15-16H2,2-4H3,(H,26,31);1-2H3/b18-14+;/t19?,24-;/m0./s1. The van der Waals surface area contributed by atoms with Crippen LogP contribution in [0.1, 0.15) is 36.2 Å². The maximum atomic E-state index is 13.3. The predicted octanol–water partition coefficient (Wildman–Crippen LogP) is 1.83. The molecule has 190 valence electrons. The molecule has 9 heteroatoms. The number of hydrogen-bond acceptors (Lipinski definition) is 7. The maximum Gasteiger partial charge on any atom is 0.258 e. The highest BCUT2D eigenvalue weighted by atomic mass is 16.5. The lowest BCUT2D eigenvalue weighted by atomic mass is 9.87. The first-order valence-corrected chi connectivity index (χ1v) is 11.6. The Morgan fingerprint density at radius 1 is 1.46 bits per heavy atom. The number of fused-ring (bicyclic) bond motifs is 1. The molecule has 9 nitrogen and oxygen atoms in total. The van der Waals surface area contributed by atoms with Crippen molar-refractivity contribution in [2.75, 3.05) is 41.0 Å². The van der Waals surface area contributed by atoms with Gasteiger partial charge in [-0.25, -0.2) is 0 Å². The molecule has 1 aromatic rings. The fraction of sp³-hybridized carbons (Fsp3) is 0.462. The summed E-state index contributed by atoms with van der Waals surface area (Å²) in [6.45, 7) is 9.56. The highest BCUT2D eigenvalue weighted by molar-refractivity contribution is 6.00. The first-order valence-electron chi connectivity index (χ1n) is 11.6. The molecule has 2 heterocycles. The lowest BCUT2D eigenvalue weighted by molar-refractivity contribution is -0.125. The van der Waals surface area contributed by atoms with Crippen molar-refractivity contribution in [2.24, 2.45) is 0 Å². The number of carbonyl (C=O) groups is 2. The van der Waals surface area contributed by atoms with Gasteiger partial charge in [0.2, 0.25) is 0 Å². The second-order valence-corrected chi connectivity index (χ2v) is 8.00. The fourth-order valence-electron chi connectivity index (χ4n) is 4.21. The van der Waals surface area contributed by atoms with E-state index in [2.05, 4.69) is 23.3 Å². The summed E-state index contributed by atoms with van der Waals surface area (Å²) in [6.07, 6.45) is 5.99. The summed E-state index contributed by atoms with van der Waals surface area (Å²) >= 11 is 0. The molecule has 0 aromatic heterocycles. The molecule has 0 spiro atoms. The predicted molar refractivity (Wildman–Crippen MR) is 134 cm³/mol. The van der Waals surface area contributed by atoms with E-state index in [1.165, 1.54) is 0 Å². The third-order valence-electron chi connectivity index (χ3n) is 6.21. The van der Waals surface area contributed by atoms with Gasteiger partial charge in [0.15, 0.2) is 0 Å². The van der Waals surface area contributed by atoms with Crippen molar-refractivity contribution in [3.8, 4) is 17.9 Å². The molecular weight excluding hydrogens is 448 g/mol. The van der Waals surface area contributed by atoms with Gasteiger partial charge in [0, 0.05) is 32.0 Å². The molecule has 1 aromatic carbocycles. The number of benzene rings is 1. The van der Waals surface area contributed by atoms with E-state index in [0.717, 1.165) is 12.0 Å². The minimum absolute atomic E-state index is 0.0190. The van der Waals surface area contributed by atoms with E-state index in [0.29, 0.717) is 36.6 Å². The molecule has 2 aliphatic rings. The van der Waals surface area contributed by atoms with Gasteiger partial charge in [-0.05, 0) is 36.7 Å². The van der Waals surface area contributed by atoms with Gasteiger partial charge >= 0.3 is 0 Å². The molecule has 2 atom stereocenters. The molecule has 0 bridgehead atoms. The van der Waals surface area contributed by atoms with Crippen molar-refractivity contribution in [3.05, 3.63) is 53.8 Å². The van der Waals surface area contributed by atoms with Crippen LogP contribution in [-0.2, 0) is 16.1 Å². The Labute approximate surface area is 207 Å². The number of aliphatic hydroxyl groups excluding tert-OH is 1. The number of rotatable bonds is 9. The Hall–Kier alpha value is -3.48. The van der Waals surface area contributed by atoms with Gasteiger partial charge in [0.1, 0.15) is 17.4 Å². The topological polar surface area (TPSA) is 103 Å². The SMILES string of the molecule is C=C/C(=C\N(C)C1CCOC1)[C@](CN1Cc2ccc(OC)cc2C1=O)(NC)C(=O)NC#CO.CC. The number of aliphatic hydroxyl groups is 1. The van der Waals surface area contributed by atoms with Crippen LogP contribution in [0, 0.1) is 12.2 Å². The average molecular weight is 485 g/mol. The smallest absolute Gasteiger partial charge is 0.258 e. The molecule has 0 aliphatic carbocycles. The Morgan fingerprint density at radius 3 is 2.77 bits per heavy atom. The highest BCUT2D eigenvalue weighted by Crippen LogP contribution is 2.30. The van der Waals surface area contributed by atoms with Gasteiger partial charge < -0.3 is 29.7 Å². The van der Waals surface area contributed by atoms with Crippen molar-refractivity contribution in [1.82, 2.24) is 20.4 Å². The van der Waals surface area contributed by atoms with Crippen molar-refractivity contribution in [3.63, 3.8) is 0 Å². The van der Waals surface area contributed by atoms with Gasteiger partial charge in [-0.3, -0.25) is 14.9 Å². The third kappa shape index (κ3) is 5.96. The van der Waals surface area contributed by atoms with Crippen LogP contribution in [0.4, 0.5) is 0 Å². The van der Waals surface area contributed by atoms with Crippen LogP contribution < -0.4 is 15.4 Å². The van der Waals surface area contributed by atoms with Crippen molar-refractivity contribution in [2.45, 2.75) is 38.4 Å². The van der Waals surface area contributed by atoms with Crippen LogP contribution in [0.2, 0.25) is 0 Å². The summed E-state index contributed by atoms with van der Waals surface area (Å²) in [7, 11) is 5.10. The molecule has 2 aliphatic heterocycles. The van der Waals surface area contributed by atoms with E-state index in [4.69, 9.17) is 14.6 Å². The number of likely N-dealkylation sites (N-methyl/N-ethyl adjacent to an activating group) is 2. The van der Waals surface area contributed by atoms with Crippen LogP contribution in [0.5, 0.6) is 5.75 Å². The second-order valence-electron chi connectivity index (χ2n) is 8.00. The molecular formula is C26H36N4O5. The van der Waals surface area contributed by atoms with Gasteiger partial charge in [0.05, 0.1) is 32.3 Å². The molecule has 3 rings (SSSR count). The summed E-state index contributed by atoms with van der Waals surface area (Å²) in [5.41, 5.74) is 0.573. The van der Waals surface area contributed by atoms with E-state index >= 15 is 0 Å². The highest BCUT2D eigenvalue weighted by Gasteiger charge is 2.44. The molecule has 0 radical (unpaired) electrons. The summed E-state index contributed by atoms with van der Waals surface area (Å²) in [5.74, 6) is -0.132. The third-order valence-corrected chi connectivity index (χ3v) is 6.21. The van der Waals surface area contributed by atoms with Gasteiger partial charge in [-0.2, -0.15) is 0 Å². The molecule has 1 saturated heterocycles. The van der Waals surface area contributed by atoms with E-state index in [-0.39, 0.29) is 18.5 Å². The number of ether oxygens (including phenoxy) is 2. The number of carbonyl (C=O) groups excluding carboxylic acids is 2. The van der Waals surface area contributed by atoms with Gasteiger partial charge in [0.25, 0.3) is 11.8 Å². The molecule has 1 fully saturated rings. The van der Waals surface area contributed by atoms with Crippen LogP contribution in [0.15, 0.2) is 42.6 Å². The van der Waals surface area contributed by atoms with Gasteiger partial charge in [-0.1, -0.05) is 32.6 Å². The zero-order valence-electron chi connectivity index (χ0n) is 21.2. The van der Waals surface area contributed by atoms with Crippen LogP contribution in [0.3, 0.4) is 0 Å². The monoisotopic (exact) mass is 484 g/mol. The summed E-state index contributed by atoms with van der Waals surface area (Å²) in [5, 5.41) is 14.4. The summed E-state index contributed by atoms with van der Waals surface area (Å²) in [4.78, 5) is 30.1. The Balaban J connectivity index is 0.00000210. The quantitative estimate of drug-likeness (QED) is 0.279. The van der Waals surface area contributed by atoms with E-state index in [9.17, 15) is 9.59 Å². The van der Waals surface area contributed by atoms with E-state index < -0.39 is 11.4 Å². The van der Waals surface area contributed by atoms with Crippen LogP contribution in [0.25, 0.3) is 0 Å². The lowest BCUT2D eigenvalue weighted by Crippen LogP contribution is -2.62. The minimum Gasteiger partial charge on any atom is -0.497 e. The van der Waals surface area contributed by atoms with Gasteiger partial charge in [-0.15, -0.1) is 0 Å². The number of amides is 2. The summed E-state index contributed by atoms with van der Waals surface area (Å²) < 4.78 is 10.7. The first kappa shape index (κ1) is 27.8. The minimum atomic E-state index is -1.37. The molecule has 2 amide bonds. The molecule has 35 heavy (non-hydrogen) atoms. The van der Waals surface area contributed by atoms with Crippen LogP contribution >= 0.6 is 0 Å². The van der Waals surface area contributed by atoms with Crippen LogP contribution in [-0.4, -0.2) is 79.3 Å². The number of methoxy groups -OCH3 is 1. The Morgan fingerprint density at radius 2 is 2.20 bits per heavy atom. The Bertz CT molecular complexity index is 1010. The van der Waals surface area contributed by atoms with E-state index in [1.54, 1.807) is 43.4 Å². The number of hydrogen-bond donors (Lipinski definition) is 3. The summed E-state index contributed by atoms with van der Waals surface area (Å²) in [6, 6.07) is 7.72. The second kappa shape index (κ2) is 12.8. The average Bonchev–Trinajstić information content (AvgIpc) is 3.54. The van der Waals surface area contributed by atoms with Crippen molar-refractivity contribution < 1.29 is 24.2 Å². The fourth-order valence-corrected chi connectivity index (χ4v) is 4.21. The zero-order chi connectivity index (χ0) is 26.0. The largest absolute Gasteiger partial charge is 0.497 e. The number of nitrogens with one attached hydrogen (secondary N) is 2. The normalized spacial score (nSPS) is 18.3. The molecule has 0 saturated carbocycles. The lowest BCUT2D eigenvalue weighted by Gasteiger charge is -2.37. The van der Waals surface area contributed by atoms with E-state index in [1.807, 2.05) is 38.1 Å². The first-order chi connectivity index (χ1) is 16.9. The molecule has 1 unspecified atom stereocenters. The van der Waals surface area contributed by atoms with Crippen molar-refractivity contribution >= 4 is 11.8 Å². The number of nitrogens with zero attached hydrogens (tertiary/aromatic N) is 2.